The zero-order chi connectivity index (χ0) is 76.1. The van der Waals surface area contributed by atoms with E-state index in [1.807, 2.05) is 243 Å². The minimum atomic E-state index is -0.201. The topological polar surface area (TPSA) is 0 Å². The van der Waals surface area contributed by atoms with Gasteiger partial charge in [-0.15, -0.1) is 117 Å². The number of hydrogen-bond donors (Lipinski definition) is 0. The van der Waals surface area contributed by atoms with Crippen LogP contribution in [0.2, 0.25) is 26.2 Å². The fourth-order valence-corrected chi connectivity index (χ4v) is 13.4. The fraction of sp³-hybridized carbons (Fsp3) is 0.120. The zero-order valence-corrected chi connectivity index (χ0v) is 71.5. The van der Waals surface area contributed by atoms with Crippen molar-refractivity contribution >= 4 is 10.9 Å². The van der Waals surface area contributed by atoms with Gasteiger partial charge in [0.05, 0.1) is 0 Å². The van der Waals surface area contributed by atoms with Gasteiger partial charge in [-0.05, 0) is 94.5 Å². The Morgan fingerprint density at radius 2 is 0.391 bits per heavy atom. The van der Waals surface area contributed by atoms with Gasteiger partial charge in [-0.25, -0.2) is 17.6 Å². The summed E-state index contributed by atoms with van der Waals surface area (Å²) in [5.74, 6) is -0.803. The summed E-state index contributed by atoms with van der Waals surface area (Å²) in [6.07, 6.45) is 3.67. The van der Waals surface area contributed by atoms with E-state index in [4.69, 9.17) is 0 Å². The summed E-state index contributed by atoms with van der Waals surface area (Å²) >= 11 is 3.48. The van der Waals surface area contributed by atoms with Crippen LogP contribution in [0.1, 0.15) is 49.9 Å². The second kappa shape index (κ2) is 41.9. The Morgan fingerprint density at radius 1 is 0.227 bits per heavy atom. The van der Waals surface area contributed by atoms with E-state index in [1.165, 1.54) is 24.3 Å². The predicted octanol–water partition coefficient (Wildman–Crippen LogP) is 22.1. The molecule has 0 spiro atoms. The summed E-state index contributed by atoms with van der Waals surface area (Å²) < 4.78 is 59.8. The molecule has 0 nitrogen and oxygen atoms in total. The first-order chi connectivity index (χ1) is 52.6. The van der Waals surface area contributed by atoms with E-state index in [-0.39, 0.29) is 59.0 Å². The normalized spacial score (nSPS) is 10.5. The van der Waals surface area contributed by atoms with Gasteiger partial charge in [0.15, 0.2) is 0 Å². The Kier molecular flexibility index (Phi) is 32.4. The van der Waals surface area contributed by atoms with Gasteiger partial charge in [-0.3, -0.25) is 0 Å². The Morgan fingerprint density at radius 3 is 0.573 bits per heavy atom. The van der Waals surface area contributed by atoms with Crippen molar-refractivity contribution < 1.29 is 89.0 Å². The third kappa shape index (κ3) is 21.4. The van der Waals surface area contributed by atoms with Crippen molar-refractivity contribution in [2.24, 2.45) is 0 Å². The first kappa shape index (κ1) is 85.1. The molecule has 0 atom stereocenters. The van der Waals surface area contributed by atoms with Crippen molar-refractivity contribution in [3.63, 3.8) is 0 Å². The van der Waals surface area contributed by atoms with Crippen LogP contribution in [-0.4, -0.2) is 10.9 Å². The molecule has 0 radical (unpaired) electrons. The van der Waals surface area contributed by atoms with E-state index in [0.717, 1.165) is 159 Å². The van der Waals surface area contributed by atoms with Crippen LogP contribution in [0.4, 0.5) is 17.6 Å². The Labute approximate surface area is 691 Å². The molecule has 10 heteroatoms. The van der Waals surface area contributed by atoms with Crippen LogP contribution in [0.5, 0.6) is 0 Å². The molecule has 0 bridgehead atoms. The Hall–Kier alpha value is -8.94. The number of aryl methyl sites for hydroxylation is 4. The van der Waals surface area contributed by atoms with Gasteiger partial charge in [0, 0.05) is 22.3 Å². The molecular formula is C100H84Cl2F4Si2Zr2-2. The molecule has 0 aliphatic heterocycles. The van der Waals surface area contributed by atoms with E-state index in [0.29, 0.717) is 22.3 Å². The maximum atomic E-state index is 15.0. The minimum Gasteiger partial charge on any atom is -1.00 e. The maximum absolute atomic E-state index is 15.0. The van der Waals surface area contributed by atoms with E-state index in [2.05, 4.69) is 102 Å². The molecular weight excluding hydrogens is 1590 g/mol. The van der Waals surface area contributed by atoms with E-state index in [9.17, 15) is 17.6 Å². The number of benzene rings is 8. The van der Waals surface area contributed by atoms with Gasteiger partial charge >= 0.3 is 83.7 Å². The molecule has 8 aliphatic carbocycles. The standard InChI is InChI=1S/4C24H18F.2C2H6Si.2ClH.2Zr/c4*1-2-17-15-19-11-6-7-12-21(22(19)16-17)24-20(13-8-14-23(24)25)18-9-4-3-5-10-18;2*1-3-2;;;;/h4*3-14,16H,2H2,1H3;2*1-2H3;2*1H;;/q4*-1;;;;;2*+2/p-2. The number of rotatable bonds is 12. The summed E-state index contributed by atoms with van der Waals surface area (Å²) in [7, 11) is 0. The van der Waals surface area contributed by atoms with E-state index < -0.39 is 0 Å². The molecule has 0 saturated heterocycles. The Bertz CT molecular complexity index is 4860. The number of halogens is 6. The molecule has 0 heterocycles. The largest absolute Gasteiger partial charge is 1.00 e. The van der Waals surface area contributed by atoms with Gasteiger partial charge in [0.25, 0.3) is 0 Å². The van der Waals surface area contributed by atoms with E-state index >= 15 is 0 Å². The van der Waals surface area contributed by atoms with Crippen LogP contribution in [0.3, 0.4) is 0 Å². The molecule has 16 rings (SSSR count). The molecule has 0 N–H and O–H groups in total. The molecule has 0 amide bonds. The van der Waals surface area contributed by atoms with Crippen LogP contribution in [0, 0.1) is 47.5 Å². The second-order valence-corrected chi connectivity index (χ2v) is 45.3. The summed E-state index contributed by atoms with van der Waals surface area (Å²) in [6.45, 7) is 17.7. The monoisotopic (exact) mass is 1670 g/mol. The van der Waals surface area contributed by atoms with Crippen molar-refractivity contribution in [2.75, 3.05) is 0 Å². The zero-order valence-electron chi connectivity index (χ0n) is 63.1. The molecule has 8 aromatic rings. The molecule has 8 aliphatic rings. The molecule has 0 aromatic heterocycles. The van der Waals surface area contributed by atoms with Gasteiger partial charge in [-0.1, -0.05) is 268 Å². The van der Waals surface area contributed by atoms with Crippen molar-refractivity contribution in [1.82, 2.24) is 0 Å². The molecule has 0 unspecified atom stereocenters. The van der Waals surface area contributed by atoms with Crippen LogP contribution in [0.15, 0.2) is 315 Å². The quantitative estimate of drug-likeness (QED) is 0.0650. The van der Waals surface area contributed by atoms with Crippen LogP contribution in [0.25, 0.3) is 134 Å². The average molecular weight is 1670 g/mol. The van der Waals surface area contributed by atoms with Crippen molar-refractivity contribution in [3.05, 3.63) is 385 Å². The summed E-state index contributed by atoms with van der Waals surface area (Å²) in [4.78, 5) is 0. The molecule has 0 saturated carbocycles. The summed E-state index contributed by atoms with van der Waals surface area (Å²) in [6, 6.07) is 115. The van der Waals surface area contributed by atoms with Gasteiger partial charge in [-0.2, -0.15) is 46.5 Å². The molecule has 8 aromatic carbocycles. The number of fused-ring (bicyclic) bond motifs is 4. The predicted molar refractivity (Wildman–Crippen MR) is 443 cm³/mol. The van der Waals surface area contributed by atoms with Crippen molar-refractivity contribution in [3.8, 4) is 134 Å². The third-order valence-electron chi connectivity index (χ3n) is 18.3. The van der Waals surface area contributed by atoms with Gasteiger partial charge in [0.1, 0.15) is 23.3 Å². The van der Waals surface area contributed by atoms with Crippen LogP contribution < -0.4 is 24.8 Å². The summed E-state index contributed by atoms with van der Waals surface area (Å²) in [5, 5.41) is 0. The van der Waals surface area contributed by atoms with Crippen molar-refractivity contribution in [1.29, 1.82) is 0 Å². The molecule has 0 fully saturated rings. The first-order valence-electron chi connectivity index (χ1n) is 36.7. The third-order valence-corrected chi connectivity index (χ3v) is 18.3. The fourth-order valence-electron chi connectivity index (χ4n) is 13.4. The van der Waals surface area contributed by atoms with E-state index in [1.54, 1.807) is 70.9 Å². The summed E-state index contributed by atoms with van der Waals surface area (Å²) in [5.41, 5.74) is 27.3. The van der Waals surface area contributed by atoms with Gasteiger partial charge < -0.3 is 24.8 Å². The SMILES string of the molecule is CCc1[c-]c2ccccc(-c3c(F)cccc3-c3ccccc3)c-2c1.CCc1[c-]c2ccccc(-c3c(F)cccc3-c3ccccc3)c-2c1.CCc1[c-]c2ccccc(-c3c(F)cccc3-c3ccccc3)c-2c1.CCc1[c-]c2ccccc(-c3c(F)cccc3-c3ccccc3)c-2c1.C[Si](C)=[Zr+2].C[Si](C)=[Zr+2].[Cl-].[Cl-]. The first-order valence-corrected chi connectivity index (χ1v) is 49.1. The smallest absolute Gasteiger partial charge is 1.00 e. The van der Waals surface area contributed by atoms with Crippen LogP contribution >= 0.6 is 0 Å². The molecule has 544 valence electrons. The second-order valence-electron chi connectivity index (χ2n) is 26.5. The number of hydrogen-bond acceptors (Lipinski definition) is 0. The average Bonchev–Trinajstić information content (AvgIpc) is 1.56. The van der Waals surface area contributed by atoms with Gasteiger partial charge in [0.2, 0.25) is 0 Å². The maximum Gasteiger partial charge on any atom is -1.00 e. The van der Waals surface area contributed by atoms with Crippen LogP contribution in [-0.2, 0) is 72.4 Å². The van der Waals surface area contributed by atoms with Crippen molar-refractivity contribution in [2.45, 2.75) is 79.6 Å². The molecule has 110 heavy (non-hydrogen) atoms. The Balaban J connectivity index is 0.000000162. The minimum absolute atomic E-state index is 0.